The first-order valence-electron chi connectivity index (χ1n) is 12.6. The molecule has 0 unspecified atom stereocenters. The number of nitrogens with zero attached hydrogens (tertiary/aromatic N) is 1. The molecular formula is C30H33N3O. The second-order valence-corrected chi connectivity index (χ2v) is 10.4. The van der Waals surface area contributed by atoms with Gasteiger partial charge < -0.3 is 10.6 Å². The van der Waals surface area contributed by atoms with Crippen molar-refractivity contribution in [3.63, 3.8) is 0 Å². The SMILES string of the molecule is O=C(NCc1ccccc1)[C@@]12C[C@@H]3CN(Cc4ccccc4)[C@@H]([C@@H]3CN1)[C@H]2Cc1ccccc1. The monoisotopic (exact) mass is 451 g/mol. The molecule has 3 aliphatic heterocycles. The summed E-state index contributed by atoms with van der Waals surface area (Å²) in [6.45, 7) is 3.56. The van der Waals surface area contributed by atoms with Crippen molar-refractivity contribution in [2.75, 3.05) is 13.1 Å². The molecule has 174 valence electrons. The molecule has 4 aliphatic rings. The smallest absolute Gasteiger partial charge is 0.240 e. The zero-order valence-corrected chi connectivity index (χ0v) is 19.6. The van der Waals surface area contributed by atoms with Gasteiger partial charge in [-0.25, -0.2) is 0 Å². The molecule has 4 bridgehead atoms. The Morgan fingerprint density at radius 1 is 0.882 bits per heavy atom. The highest BCUT2D eigenvalue weighted by Gasteiger charge is 2.64. The Labute approximate surface area is 202 Å². The quantitative estimate of drug-likeness (QED) is 0.570. The van der Waals surface area contributed by atoms with Crippen molar-refractivity contribution in [1.82, 2.24) is 15.5 Å². The fourth-order valence-corrected chi connectivity index (χ4v) is 6.95. The highest BCUT2D eigenvalue weighted by Crippen LogP contribution is 2.53. The number of amides is 1. The first-order valence-corrected chi connectivity index (χ1v) is 12.6. The zero-order valence-electron chi connectivity index (χ0n) is 19.6. The van der Waals surface area contributed by atoms with Crippen LogP contribution in [-0.4, -0.2) is 35.5 Å². The highest BCUT2D eigenvalue weighted by molar-refractivity contribution is 5.87. The number of piperidine rings is 2. The molecular weight excluding hydrogens is 418 g/mol. The number of hydrogen-bond donors (Lipinski definition) is 2. The lowest BCUT2D eigenvalue weighted by Crippen LogP contribution is -2.74. The molecule has 1 amide bonds. The first kappa shape index (κ1) is 21.6. The van der Waals surface area contributed by atoms with Gasteiger partial charge in [0.15, 0.2) is 0 Å². The molecule has 1 saturated carbocycles. The summed E-state index contributed by atoms with van der Waals surface area (Å²) < 4.78 is 0. The van der Waals surface area contributed by atoms with Gasteiger partial charge in [0.25, 0.3) is 0 Å². The number of carbonyl (C=O) groups is 1. The van der Waals surface area contributed by atoms with Crippen LogP contribution in [0.1, 0.15) is 23.1 Å². The number of fused-ring (bicyclic) bond motifs is 1. The normalized spacial score (nSPS) is 29.8. The molecule has 7 rings (SSSR count). The van der Waals surface area contributed by atoms with Gasteiger partial charge in [0.1, 0.15) is 5.54 Å². The Bertz CT molecular complexity index is 1120. The largest absolute Gasteiger partial charge is 0.350 e. The predicted molar refractivity (Wildman–Crippen MR) is 135 cm³/mol. The summed E-state index contributed by atoms with van der Waals surface area (Å²) in [5, 5.41) is 7.10. The maximum absolute atomic E-state index is 13.9. The lowest BCUT2D eigenvalue weighted by molar-refractivity contribution is -0.138. The highest BCUT2D eigenvalue weighted by atomic mass is 16.2. The van der Waals surface area contributed by atoms with Gasteiger partial charge in [0, 0.05) is 38.1 Å². The molecule has 0 spiro atoms. The van der Waals surface area contributed by atoms with Gasteiger partial charge >= 0.3 is 0 Å². The van der Waals surface area contributed by atoms with E-state index in [9.17, 15) is 4.79 Å². The molecule has 3 saturated heterocycles. The maximum Gasteiger partial charge on any atom is 0.240 e. The molecule has 5 atom stereocenters. The fourth-order valence-electron chi connectivity index (χ4n) is 6.95. The van der Waals surface area contributed by atoms with Gasteiger partial charge in [-0.15, -0.1) is 0 Å². The van der Waals surface area contributed by atoms with Gasteiger partial charge in [0.05, 0.1) is 0 Å². The average Bonchev–Trinajstić information content (AvgIpc) is 3.19. The molecule has 4 heteroatoms. The second kappa shape index (κ2) is 9.01. The minimum Gasteiger partial charge on any atom is -0.350 e. The lowest BCUT2D eigenvalue weighted by Gasteiger charge is -2.56. The number of carbonyl (C=O) groups excluding carboxylic acids is 1. The van der Waals surface area contributed by atoms with Crippen molar-refractivity contribution in [1.29, 1.82) is 0 Å². The topological polar surface area (TPSA) is 44.4 Å². The third kappa shape index (κ3) is 3.85. The summed E-state index contributed by atoms with van der Waals surface area (Å²) in [6.07, 6.45) is 1.85. The third-order valence-electron chi connectivity index (χ3n) is 8.45. The lowest BCUT2D eigenvalue weighted by atomic mass is 9.58. The second-order valence-electron chi connectivity index (χ2n) is 10.4. The Balaban J connectivity index is 1.31. The molecule has 2 N–H and O–H groups in total. The first-order chi connectivity index (χ1) is 16.7. The van der Waals surface area contributed by atoms with Crippen LogP contribution in [-0.2, 0) is 24.3 Å². The third-order valence-corrected chi connectivity index (χ3v) is 8.45. The maximum atomic E-state index is 13.9. The minimum atomic E-state index is -0.514. The summed E-state index contributed by atoms with van der Waals surface area (Å²) >= 11 is 0. The van der Waals surface area contributed by atoms with E-state index in [4.69, 9.17) is 0 Å². The van der Waals surface area contributed by atoms with E-state index in [1.165, 1.54) is 11.1 Å². The minimum absolute atomic E-state index is 0.173. The van der Waals surface area contributed by atoms with Crippen LogP contribution in [0.25, 0.3) is 0 Å². The van der Waals surface area contributed by atoms with E-state index in [1.54, 1.807) is 0 Å². The van der Waals surface area contributed by atoms with E-state index in [0.717, 1.165) is 38.0 Å². The van der Waals surface area contributed by atoms with E-state index in [2.05, 4.69) is 88.3 Å². The Kier molecular flexibility index (Phi) is 5.72. The Hall–Kier alpha value is -2.95. The van der Waals surface area contributed by atoms with Crippen molar-refractivity contribution in [3.05, 3.63) is 108 Å². The van der Waals surface area contributed by atoms with Gasteiger partial charge in [-0.05, 0) is 41.4 Å². The van der Waals surface area contributed by atoms with Crippen molar-refractivity contribution in [2.45, 2.75) is 37.5 Å². The van der Waals surface area contributed by atoms with Crippen molar-refractivity contribution in [2.24, 2.45) is 17.8 Å². The van der Waals surface area contributed by atoms with Crippen molar-refractivity contribution >= 4 is 5.91 Å². The van der Waals surface area contributed by atoms with Crippen molar-refractivity contribution < 1.29 is 4.79 Å². The van der Waals surface area contributed by atoms with E-state index in [1.807, 2.05) is 18.2 Å². The zero-order chi connectivity index (χ0) is 23.0. The van der Waals surface area contributed by atoms with Gasteiger partial charge in [-0.3, -0.25) is 9.69 Å². The van der Waals surface area contributed by atoms with E-state index >= 15 is 0 Å². The molecule has 0 radical (unpaired) electrons. The van der Waals surface area contributed by atoms with Crippen LogP contribution in [0.5, 0.6) is 0 Å². The summed E-state index contributed by atoms with van der Waals surface area (Å²) in [6, 6.07) is 32.2. The molecule has 3 heterocycles. The van der Waals surface area contributed by atoms with Crippen LogP contribution in [0.3, 0.4) is 0 Å². The number of nitrogens with one attached hydrogen (secondary N) is 2. The number of likely N-dealkylation sites (tertiary alicyclic amines) is 1. The van der Waals surface area contributed by atoms with Gasteiger partial charge in [-0.1, -0.05) is 91.0 Å². The van der Waals surface area contributed by atoms with E-state index in [-0.39, 0.29) is 11.8 Å². The molecule has 3 aromatic rings. The van der Waals surface area contributed by atoms with E-state index in [0.29, 0.717) is 24.4 Å². The molecule has 4 fully saturated rings. The van der Waals surface area contributed by atoms with Crippen LogP contribution < -0.4 is 10.6 Å². The van der Waals surface area contributed by atoms with Crippen LogP contribution in [0.15, 0.2) is 91.0 Å². The molecule has 0 aromatic heterocycles. The summed E-state index contributed by atoms with van der Waals surface area (Å²) in [5.74, 6) is 1.60. The number of benzene rings is 3. The predicted octanol–water partition coefficient (Wildman–Crippen LogP) is 4.02. The summed E-state index contributed by atoms with van der Waals surface area (Å²) in [4.78, 5) is 16.6. The Morgan fingerprint density at radius 3 is 2.18 bits per heavy atom. The summed E-state index contributed by atoms with van der Waals surface area (Å²) in [7, 11) is 0. The Morgan fingerprint density at radius 2 is 1.50 bits per heavy atom. The van der Waals surface area contributed by atoms with Crippen LogP contribution in [0.4, 0.5) is 0 Å². The molecule has 34 heavy (non-hydrogen) atoms. The van der Waals surface area contributed by atoms with E-state index < -0.39 is 5.54 Å². The molecule has 1 aliphatic carbocycles. The average molecular weight is 452 g/mol. The standard InChI is InChI=1S/C30H33N3O/c34-29(31-18-23-12-6-2-7-13-23)30-17-25-21-33(20-24-14-8-3-9-15-24)28(26(25)19-32-30)27(30)16-22-10-4-1-5-11-22/h1-15,25-28,32H,16-21H2,(H,31,34)/t25-,26-,27-,28+,30+/m1/s1. The van der Waals surface area contributed by atoms with Crippen LogP contribution in [0.2, 0.25) is 0 Å². The van der Waals surface area contributed by atoms with Gasteiger partial charge in [0.2, 0.25) is 5.91 Å². The summed E-state index contributed by atoms with van der Waals surface area (Å²) in [5.41, 5.74) is 3.31. The van der Waals surface area contributed by atoms with Crippen molar-refractivity contribution in [3.8, 4) is 0 Å². The van der Waals surface area contributed by atoms with Gasteiger partial charge in [-0.2, -0.15) is 0 Å². The number of hydrogen-bond acceptors (Lipinski definition) is 3. The molecule has 3 aromatic carbocycles. The number of rotatable bonds is 7. The van der Waals surface area contributed by atoms with Crippen LogP contribution >= 0.6 is 0 Å². The molecule has 4 nitrogen and oxygen atoms in total. The van der Waals surface area contributed by atoms with Crippen LogP contribution in [0, 0.1) is 17.8 Å². The fraction of sp³-hybridized carbons (Fsp3) is 0.367.